The number of nitrogens with zero attached hydrogens (tertiary/aromatic N) is 5. The highest BCUT2D eigenvalue weighted by Gasteiger charge is 2.17. The summed E-state index contributed by atoms with van der Waals surface area (Å²) in [4.78, 5) is 18.3. The molecule has 0 aliphatic carbocycles. The summed E-state index contributed by atoms with van der Waals surface area (Å²) in [5, 5.41) is 15.3. The predicted octanol–water partition coefficient (Wildman–Crippen LogP) is 6.08. The van der Waals surface area contributed by atoms with Crippen LogP contribution in [0.25, 0.3) is 32.9 Å². The van der Waals surface area contributed by atoms with E-state index in [4.69, 9.17) is 4.98 Å². The molecular formula is C30H26N6O. The Balaban J connectivity index is 1.30. The maximum Gasteiger partial charge on any atom is 0.256 e. The van der Waals surface area contributed by atoms with Crippen molar-refractivity contribution in [1.29, 1.82) is 0 Å². The smallest absolute Gasteiger partial charge is 0.256 e. The highest BCUT2D eigenvalue weighted by molar-refractivity contribution is 6.13. The third kappa shape index (κ3) is 4.36. The minimum absolute atomic E-state index is 0.204. The Labute approximate surface area is 214 Å². The monoisotopic (exact) mass is 486 g/mol. The number of rotatable bonds is 6. The number of hydrogen-bond acceptors (Lipinski definition) is 4. The number of hydrogen-bond donors (Lipinski definition) is 1. The van der Waals surface area contributed by atoms with Gasteiger partial charge in [-0.2, -0.15) is 10.2 Å². The minimum atomic E-state index is -0.204. The molecule has 0 fully saturated rings. The van der Waals surface area contributed by atoms with Gasteiger partial charge in [-0.3, -0.25) is 14.2 Å². The maximum absolute atomic E-state index is 13.5. The first-order chi connectivity index (χ1) is 18.1. The largest absolute Gasteiger partial charge is 0.319 e. The summed E-state index contributed by atoms with van der Waals surface area (Å²) in [5.41, 5.74) is 5.67. The van der Waals surface area contributed by atoms with E-state index in [9.17, 15) is 4.79 Å². The fraction of sp³-hybridized carbons (Fsp3) is 0.133. The zero-order valence-electron chi connectivity index (χ0n) is 20.7. The van der Waals surface area contributed by atoms with Crippen LogP contribution < -0.4 is 5.32 Å². The number of nitrogens with one attached hydrogen (secondary N) is 1. The second-order valence-corrected chi connectivity index (χ2v) is 9.08. The molecule has 7 heteroatoms. The van der Waals surface area contributed by atoms with E-state index in [0.717, 1.165) is 34.4 Å². The number of benzene rings is 3. The molecule has 0 saturated heterocycles. The van der Waals surface area contributed by atoms with Crippen LogP contribution in [0.15, 0.2) is 91.4 Å². The van der Waals surface area contributed by atoms with Gasteiger partial charge in [-0.05, 0) is 42.3 Å². The van der Waals surface area contributed by atoms with Crippen molar-refractivity contribution in [3.8, 4) is 11.3 Å². The molecule has 0 unspecified atom stereocenters. The third-order valence-electron chi connectivity index (χ3n) is 6.61. The van der Waals surface area contributed by atoms with Gasteiger partial charge in [-0.25, -0.2) is 4.98 Å². The highest BCUT2D eigenvalue weighted by atomic mass is 16.1. The average Bonchev–Trinajstić information content (AvgIpc) is 3.53. The topological polar surface area (TPSA) is 77.6 Å². The Kier molecular flexibility index (Phi) is 5.73. The number of pyridine rings is 1. The van der Waals surface area contributed by atoms with Gasteiger partial charge in [0.15, 0.2) is 0 Å². The van der Waals surface area contributed by atoms with Crippen molar-refractivity contribution in [2.45, 2.75) is 26.9 Å². The van der Waals surface area contributed by atoms with E-state index in [1.165, 1.54) is 16.3 Å². The van der Waals surface area contributed by atoms with Crippen LogP contribution in [-0.4, -0.2) is 30.5 Å². The summed E-state index contributed by atoms with van der Waals surface area (Å²) < 4.78 is 3.72. The summed E-state index contributed by atoms with van der Waals surface area (Å²) in [7, 11) is 0. The van der Waals surface area contributed by atoms with Crippen LogP contribution >= 0.6 is 0 Å². The van der Waals surface area contributed by atoms with Crippen LogP contribution in [0.1, 0.15) is 28.5 Å². The van der Waals surface area contributed by atoms with Gasteiger partial charge >= 0.3 is 0 Å². The van der Waals surface area contributed by atoms with Crippen LogP contribution in [0, 0.1) is 6.92 Å². The number of carbonyl (C=O) groups excluding carboxylic acids is 1. The highest BCUT2D eigenvalue weighted by Crippen LogP contribution is 2.27. The van der Waals surface area contributed by atoms with Crippen molar-refractivity contribution >= 4 is 33.3 Å². The fourth-order valence-corrected chi connectivity index (χ4v) is 4.75. The second kappa shape index (κ2) is 9.35. The molecule has 3 heterocycles. The standard InChI is InChI=1S/C30H26N6O/c1-3-35-19-27(20(2)34-35)29-15-26(25-13-6-7-14-28(25)33-29)30(37)32-23-16-31-36(18-23)17-22-11-8-10-21-9-4-5-12-24(21)22/h4-16,18-19H,3,17H2,1-2H3,(H,32,37). The third-order valence-corrected chi connectivity index (χ3v) is 6.61. The molecule has 3 aromatic heterocycles. The van der Waals surface area contributed by atoms with Gasteiger partial charge in [0.2, 0.25) is 0 Å². The molecule has 6 rings (SSSR count). The van der Waals surface area contributed by atoms with Crippen molar-refractivity contribution in [2.24, 2.45) is 0 Å². The Bertz CT molecular complexity index is 1760. The lowest BCUT2D eigenvalue weighted by Crippen LogP contribution is -2.13. The number of amides is 1. The molecule has 0 bridgehead atoms. The summed E-state index contributed by atoms with van der Waals surface area (Å²) in [5.74, 6) is -0.204. The molecule has 7 nitrogen and oxygen atoms in total. The number of anilines is 1. The van der Waals surface area contributed by atoms with Crippen molar-refractivity contribution in [1.82, 2.24) is 24.5 Å². The van der Waals surface area contributed by atoms with Crippen LogP contribution in [0.3, 0.4) is 0 Å². The zero-order chi connectivity index (χ0) is 25.4. The van der Waals surface area contributed by atoms with Crippen LogP contribution in [0.5, 0.6) is 0 Å². The minimum Gasteiger partial charge on any atom is -0.319 e. The molecule has 1 amide bonds. The summed E-state index contributed by atoms with van der Waals surface area (Å²) >= 11 is 0. The molecule has 0 aliphatic heterocycles. The van der Waals surface area contributed by atoms with E-state index < -0.39 is 0 Å². The van der Waals surface area contributed by atoms with Crippen molar-refractivity contribution < 1.29 is 4.79 Å². The lowest BCUT2D eigenvalue weighted by Gasteiger charge is -2.09. The summed E-state index contributed by atoms with van der Waals surface area (Å²) in [6.07, 6.45) is 5.52. The Hall–Kier alpha value is -4.78. The van der Waals surface area contributed by atoms with Crippen LogP contribution in [0.4, 0.5) is 5.69 Å². The van der Waals surface area contributed by atoms with Crippen LogP contribution in [0.2, 0.25) is 0 Å². The average molecular weight is 487 g/mol. The van der Waals surface area contributed by atoms with Gasteiger partial charge in [0, 0.05) is 29.9 Å². The number of fused-ring (bicyclic) bond motifs is 2. The summed E-state index contributed by atoms with van der Waals surface area (Å²) in [6, 6.07) is 24.1. The van der Waals surface area contributed by atoms with Gasteiger partial charge in [0.05, 0.1) is 40.9 Å². The fourth-order valence-electron chi connectivity index (χ4n) is 4.75. The van der Waals surface area contributed by atoms with E-state index >= 15 is 0 Å². The van der Waals surface area contributed by atoms with Gasteiger partial charge < -0.3 is 5.32 Å². The molecular weight excluding hydrogens is 460 g/mol. The number of aromatic nitrogens is 5. The molecule has 0 spiro atoms. The van der Waals surface area contributed by atoms with E-state index in [1.807, 2.05) is 78.1 Å². The van der Waals surface area contributed by atoms with E-state index in [-0.39, 0.29) is 5.91 Å². The van der Waals surface area contributed by atoms with Gasteiger partial charge in [-0.1, -0.05) is 60.7 Å². The molecule has 0 saturated carbocycles. The quantitative estimate of drug-likeness (QED) is 0.310. The van der Waals surface area contributed by atoms with Crippen molar-refractivity contribution in [3.05, 3.63) is 108 Å². The molecule has 182 valence electrons. The zero-order valence-corrected chi connectivity index (χ0v) is 20.7. The second-order valence-electron chi connectivity index (χ2n) is 9.08. The first kappa shape index (κ1) is 22.7. The maximum atomic E-state index is 13.5. The van der Waals surface area contributed by atoms with E-state index in [2.05, 4.69) is 45.8 Å². The lowest BCUT2D eigenvalue weighted by atomic mass is 10.0. The molecule has 1 N–H and O–H groups in total. The first-order valence-corrected chi connectivity index (χ1v) is 12.3. The van der Waals surface area contributed by atoms with Gasteiger partial charge in [0.25, 0.3) is 5.91 Å². The van der Waals surface area contributed by atoms with Gasteiger partial charge in [0.1, 0.15) is 0 Å². The van der Waals surface area contributed by atoms with Gasteiger partial charge in [-0.15, -0.1) is 0 Å². The Morgan fingerprint density at radius 2 is 1.70 bits per heavy atom. The van der Waals surface area contributed by atoms with Crippen LogP contribution in [-0.2, 0) is 13.1 Å². The predicted molar refractivity (Wildman–Crippen MR) is 147 cm³/mol. The van der Waals surface area contributed by atoms with E-state index in [0.29, 0.717) is 17.8 Å². The number of carbonyl (C=O) groups is 1. The Morgan fingerprint density at radius 1 is 0.919 bits per heavy atom. The van der Waals surface area contributed by atoms with Crippen molar-refractivity contribution in [2.75, 3.05) is 5.32 Å². The summed E-state index contributed by atoms with van der Waals surface area (Å²) in [6.45, 7) is 5.39. The van der Waals surface area contributed by atoms with Crippen molar-refractivity contribution in [3.63, 3.8) is 0 Å². The SMILES string of the molecule is CCn1cc(-c2cc(C(=O)Nc3cnn(Cc4cccc5ccccc45)c3)c3ccccc3n2)c(C)n1. The molecule has 6 aromatic rings. The number of aryl methyl sites for hydroxylation is 2. The molecule has 3 aromatic carbocycles. The molecule has 0 radical (unpaired) electrons. The number of para-hydroxylation sites is 1. The molecule has 0 atom stereocenters. The molecule has 37 heavy (non-hydrogen) atoms. The lowest BCUT2D eigenvalue weighted by molar-refractivity contribution is 0.102. The van der Waals surface area contributed by atoms with E-state index in [1.54, 1.807) is 6.20 Å². The normalized spacial score (nSPS) is 11.3. The first-order valence-electron chi connectivity index (χ1n) is 12.3. The molecule has 0 aliphatic rings. The Morgan fingerprint density at radius 3 is 2.54 bits per heavy atom.